The van der Waals surface area contributed by atoms with E-state index in [9.17, 15) is 9.59 Å². The fraction of sp³-hybridized carbons (Fsp3) is 0.739. The summed E-state index contributed by atoms with van der Waals surface area (Å²) in [6.45, 7) is 6.40. The van der Waals surface area contributed by atoms with Gasteiger partial charge in [0.2, 0.25) is 0 Å². The van der Waals surface area contributed by atoms with Gasteiger partial charge in [0.15, 0.2) is 5.78 Å². The van der Waals surface area contributed by atoms with Crippen LogP contribution in [0.15, 0.2) is 23.8 Å². The molecule has 25 heavy (non-hydrogen) atoms. The van der Waals surface area contributed by atoms with Gasteiger partial charge in [-0.25, -0.2) is 0 Å². The molecular formula is C23H30O2. The fourth-order valence-corrected chi connectivity index (χ4v) is 8.31. The highest BCUT2D eigenvalue weighted by Gasteiger charge is 2.74. The first-order valence-electron chi connectivity index (χ1n) is 10.3. The normalized spacial score (nSPS) is 53.1. The van der Waals surface area contributed by atoms with E-state index >= 15 is 0 Å². The number of rotatable bonds is 1. The second-order valence-corrected chi connectivity index (χ2v) is 10.0. The summed E-state index contributed by atoms with van der Waals surface area (Å²) in [4.78, 5) is 24.8. The maximum absolute atomic E-state index is 12.7. The highest BCUT2D eigenvalue weighted by Crippen LogP contribution is 2.80. The molecule has 0 spiro atoms. The van der Waals surface area contributed by atoms with Gasteiger partial charge in [-0.2, -0.15) is 0 Å². The van der Waals surface area contributed by atoms with Crippen LogP contribution >= 0.6 is 0 Å². The predicted molar refractivity (Wildman–Crippen MR) is 97.8 cm³/mol. The summed E-state index contributed by atoms with van der Waals surface area (Å²) in [5.74, 6) is 2.79. The Morgan fingerprint density at radius 2 is 1.88 bits per heavy atom. The van der Waals surface area contributed by atoms with E-state index in [1.807, 2.05) is 13.0 Å². The van der Waals surface area contributed by atoms with Crippen molar-refractivity contribution in [3.63, 3.8) is 0 Å². The average Bonchev–Trinajstić information content (AvgIpc) is 3.01. The van der Waals surface area contributed by atoms with Gasteiger partial charge < -0.3 is 0 Å². The third kappa shape index (κ3) is 1.63. The monoisotopic (exact) mass is 338 g/mol. The SMILES string of the molecule is CC(=O)C12CCC3(CC1)[C@@H]1C=CC4=CC(=O)C(C)C[C@@H]4[C@H]1CC[C@]23C. The van der Waals surface area contributed by atoms with Crippen molar-refractivity contribution in [2.45, 2.75) is 65.7 Å². The second-order valence-electron chi connectivity index (χ2n) is 10.0. The summed E-state index contributed by atoms with van der Waals surface area (Å²) < 4.78 is 0. The lowest BCUT2D eigenvalue weighted by atomic mass is 9.46. The number of Topliss-reactive ketones (excluding diaryl/α,β-unsaturated/α-hetero) is 1. The smallest absolute Gasteiger partial charge is 0.158 e. The van der Waals surface area contributed by atoms with E-state index < -0.39 is 0 Å². The minimum Gasteiger partial charge on any atom is -0.299 e. The Morgan fingerprint density at radius 3 is 2.56 bits per heavy atom. The quantitative estimate of drug-likeness (QED) is 0.682. The largest absolute Gasteiger partial charge is 0.299 e. The highest BCUT2D eigenvalue weighted by molar-refractivity contribution is 5.93. The summed E-state index contributed by atoms with van der Waals surface area (Å²) in [5.41, 5.74) is 1.76. The van der Waals surface area contributed by atoms with Crippen LogP contribution in [0.3, 0.4) is 0 Å². The molecule has 134 valence electrons. The standard InChI is InChI=1S/C23H30O2/c1-14-12-18-16(13-20(14)25)4-5-19-17(18)6-7-21(3)22(15(2)24)8-10-23(19,21)11-9-22/h4-5,13-14,17-19H,6-12H2,1-3H3/t14?,17-,18+,19-,21-,22?,23?/m1/s1. The van der Waals surface area contributed by atoms with Crippen molar-refractivity contribution in [3.8, 4) is 0 Å². The van der Waals surface area contributed by atoms with Crippen LogP contribution in [-0.4, -0.2) is 11.6 Å². The van der Waals surface area contributed by atoms with Crippen molar-refractivity contribution in [2.24, 2.45) is 39.9 Å². The van der Waals surface area contributed by atoms with E-state index in [-0.39, 0.29) is 16.7 Å². The molecule has 0 aliphatic heterocycles. The molecule has 0 N–H and O–H groups in total. The number of carbonyl (C=O) groups excluding carboxylic acids is 2. The van der Waals surface area contributed by atoms with Crippen molar-refractivity contribution in [3.05, 3.63) is 23.8 Å². The van der Waals surface area contributed by atoms with Crippen LogP contribution in [-0.2, 0) is 9.59 Å². The molecule has 3 saturated carbocycles. The number of allylic oxidation sites excluding steroid dienone is 4. The zero-order valence-electron chi connectivity index (χ0n) is 15.8. The summed E-state index contributed by atoms with van der Waals surface area (Å²) >= 11 is 0. The van der Waals surface area contributed by atoms with E-state index in [1.54, 1.807) is 0 Å². The molecule has 0 aromatic heterocycles. The molecule has 0 heterocycles. The van der Waals surface area contributed by atoms with Gasteiger partial charge in [-0.15, -0.1) is 0 Å². The van der Waals surface area contributed by atoms with Gasteiger partial charge in [0, 0.05) is 11.3 Å². The zero-order chi connectivity index (χ0) is 17.6. The third-order valence-electron chi connectivity index (χ3n) is 9.74. The van der Waals surface area contributed by atoms with Crippen LogP contribution in [0.4, 0.5) is 0 Å². The first-order valence-corrected chi connectivity index (χ1v) is 10.3. The van der Waals surface area contributed by atoms with E-state index in [0.717, 1.165) is 19.3 Å². The van der Waals surface area contributed by atoms with Gasteiger partial charge in [-0.3, -0.25) is 9.59 Å². The van der Waals surface area contributed by atoms with Gasteiger partial charge in [-0.1, -0.05) is 26.0 Å². The van der Waals surface area contributed by atoms with Gasteiger partial charge in [0.1, 0.15) is 5.78 Å². The molecule has 1 unspecified atom stereocenters. The molecule has 5 aliphatic carbocycles. The molecule has 2 heteroatoms. The van der Waals surface area contributed by atoms with Crippen LogP contribution < -0.4 is 0 Å². The molecular weight excluding hydrogens is 308 g/mol. The maximum Gasteiger partial charge on any atom is 0.158 e. The van der Waals surface area contributed by atoms with Crippen LogP contribution in [0, 0.1) is 39.9 Å². The summed E-state index contributed by atoms with van der Waals surface area (Å²) in [6.07, 6.45) is 14.8. The number of hydrogen-bond acceptors (Lipinski definition) is 2. The lowest BCUT2D eigenvalue weighted by molar-refractivity contribution is -0.136. The Labute approximate surface area is 151 Å². The van der Waals surface area contributed by atoms with Gasteiger partial charge >= 0.3 is 0 Å². The van der Waals surface area contributed by atoms with Gasteiger partial charge in [0.25, 0.3) is 0 Å². The third-order valence-corrected chi connectivity index (χ3v) is 9.74. The number of carbonyl (C=O) groups is 2. The van der Waals surface area contributed by atoms with Crippen LogP contribution in [0.5, 0.6) is 0 Å². The molecule has 2 bridgehead atoms. The molecule has 2 nitrogen and oxygen atoms in total. The first kappa shape index (κ1) is 16.0. The van der Waals surface area contributed by atoms with Crippen molar-refractivity contribution in [2.75, 3.05) is 0 Å². The molecule has 0 aromatic carbocycles. The lowest BCUT2D eigenvalue weighted by Crippen LogP contribution is -2.52. The Hall–Kier alpha value is -1.18. The van der Waals surface area contributed by atoms with Crippen LogP contribution in [0.1, 0.15) is 65.7 Å². The van der Waals surface area contributed by atoms with Crippen LogP contribution in [0.25, 0.3) is 0 Å². The molecule has 3 fully saturated rings. The Kier molecular flexibility index (Phi) is 3.05. The summed E-state index contributed by atoms with van der Waals surface area (Å²) in [5, 5.41) is 0. The number of fused-ring (bicyclic) bond motifs is 3. The molecule has 0 radical (unpaired) electrons. The fourth-order valence-electron chi connectivity index (χ4n) is 8.31. The number of ketones is 2. The van der Waals surface area contributed by atoms with E-state index in [4.69, 9.17) is 0 Å². The minimum atomic E-state index is -0.0439. The second kappa shape index (κ2) is 4.75. The lowest BCUT2D eigenvalue weighted by Gasteiger charge is -2.58. The van der Waals surface area contributed by atoms with Crippen molar-refractivity contribution >= 4 is 11.6 Å². The highest BCUT2D eigenvalue weighted by atomic mass is 16.1. The molecule has 5 aliphatic rings. The molecule has 0 amide bonds. The molecule has 5 atom stereocenters. The Bertz CT molecular complexity index is 718. The van der Waals surface area contributed by atoms with Crippen molar-refractivity contribution in [1.82, 2.24) is 0 Å². The minimum absolute atomic E-state index is 0.0439. The first-order chi connectivity index (χ1) is 11.8. The predicted octanol–water partition coefficient (Wildman–Crippen LogP) is 4.89. The van der Waals surface area contributed by atoms with Crippen LogP contribution in [0.2, 0.25) is 0 Å². The Morgan fingerprint density at radius 1 is 1.16 bits per heavy atom. The number of hydrogen-bond donors (Lipinski definition) is 0. The van der Waals surface area contributed by atoms with E-state index in [1.165, 1.54) is 31.3 Å². The molecule has 0 saturated heterocycles. The average molecular weight is 338 g/mol. The topological polar surface area (TPSA) is 34.1 Å². The summed E-state index contributed by atoms with van der Waals surface area (Å²) in [6, 6.07) is 0. The van der Waals surface area contributed by atoms with Crippen molar-refractivity contribution in [1.29, 1.82) is 0 Å². The van der Waals surface area contributed by atoms with E-state index in [2.05, 4.69) is 26.0 Å². The van der Waals surface area contributed by atoms with Crippen molar-refractivity contribution < 1.29 is 9.59 Å². The Balaban J connectivity index is 1.60. The van der Waals surface area contributed by atoms with Gasteiger partial charge in [0.05, 0.1) is 0 Å². The van der Waals surface area contributed by atoms with E-state index in [0.29, 0.717) is 34.7 Å². The van der Waals surface area contributed by atoms with Gasteiger partial charge in [-0.05, 0) is 92.1 Å². The molecule has 5 rings (SSSR count). The molecule has 0 aromatic rings. The maximum atomic E-state index is 12.7. The summed E-state index contributed by atoms with van der Waals surface area (Å²) in [7, 11) is 0. The zero-order valence-corrected chi connectivity index (χ0v) is 15.8.